The molecule has 1 aliphatic heterocycles. The van der Waals surface area contributed by atoms with Crippen molar-refractivity contribution < 1.29 is 9.47 Å². The molecule has 1 saturated heterocycles. The lowest BCUT2D eigenvalue weighted by Crippen LogP contribution is -2.32. The van der Waals surface area contributed by atoms with Gasteiger partial charge in [-0.25, -0.2) is 0 Å². The van der Waals surface area contributed by atoms with E-state index in [0.717, 1.165) is 38.1 Å². The van der Waals surface area contributed by atoms with Crippen molar-refractivity contribution >= 4 is 13.6 Å². The van der Waals surface area contributed by atoms with Crippen LogP contribution in [-0.4, -0.2) is 38.6 Å². The maximum Gasteiger partial charge on any atom is 0.184 e. The first-order valence-electron chi connectivity index (χ1n) is 20.1. The van der Waals surface area contributed by atoms with Gasteiger partial charge in [-0.1, -0.05) is 147 Å². The van der Waals surface area contributed by atoms with Crippen LogP contribution in [0.25, 0.3) is 0 Å². The fraction of sp³-hybridized carbons (Fsp3) is 0.829. The Morgan fingerprint density at radius 3 is 1.91 bits per heavy atom. The van der Waals surface area contributed by atoms with Crippen LogP contribution in [0, 0.1) is 11.3 Å². The molecule has 4 nitrogen and oxygen atoms in total. The first kappa shape index (κ1) is 42.7. The van der Waals surface area contributed by atoms with Crippen LogP contribution in [0.2, 0.25) is 0 Å². The number of unbranched alkanes of at least 4 members (excludes halogenated alkanes) is 16. The summed E-state index contributed by atoms with van der Waals surface area (Å²) in [4.78, 5) is 0. The van der Waals surface area contributed by atoms with Crippen LogP contribution in [-0.2, 0) is 9.47 Å². The Bertz CT molecular complexity index is 782. The summed E-state index contributed by atoms with van der Waals surface area (Å²) in [5, 5.41) is 10.8. The Hall–Kier alpha value is -1.33. The summed E-state index contributed by atoms with van der Waals surface area (Å²) in [6, 6.07) is 0. The van der Waals surface area contributed by atoms with E-state index in [0.29, 0.717) is 12.3 Å². The third-order valence-corrected chi connectivity index (χ3v) is 9.46. The first-order chi connectivity index (χ1) is 22.5. The van der Waals surface area contributed by atoms with Crippen molar-refractivity contribution in [3.63, 3.8) is 0 Å². The van der Waals surface area contributed by atoms with Crippen LogP contribution < -0.4 is 5.32 Å². The number of nitrogens with one attached hydrogen (secondary N) is 2. The van der Waals surface area contributed by atoms with Gasteiger partial charge >= 0.3 is 0 Å². The second-order valence-electron chi connectivity index (χ2n) is 14.3. The van der Waals surface area contributed by atoms with Crippen molar-refractivity contribution in [1.29, 1.82) is 5.41 Å². The van der Waals surface area contributed by atoms with Gasteiger partial charge < -0.3 is 14.8 Å². The van der Waals surface area contributed by atoms with Gasteiger partial charge in [-0.05, 0) is 70.1 Å². The summed E-state index contributed by atoms with van der Waals surface area (Å²) >= 11 is 0. The molecular weight excluding hydrogens is 563 g/mol. The summed E-state index contributed by atoms with van der Waals surface area (Å²) < 4.78 is 13.1. The highest BCUT2D eigenvalue weighted by Gasteiger charge is 2.40. The minimum absolute atomic E-state index is 0.153. The molecule has 1 aliphatic rings. The van der Waals surface area contributed by atoms with E-state index in [4.69, 9.17) is 14.9 Å². The van der Waals surface area contributed by atoms with Crippen LogP contribution in [0.1, 0.15) is 188 Å². The van der Waals surface area contributed by atoms with E-state index in [1.54, 1.807) is 7.85 Å². The topological polar surface area (TPSA) is 54.3 Å². The van der Waals surface area contributed by atoms with E-state index >= 15 is 0 Å². The molecule has 0 bridgehead atoms. The highest BCUT2D eigenvalue weighted by Crippen LogP contribution is 2.35. The van der Waals surface area contributed by atoms with E-state index < -0.39 is 0 Å². The zero-order valence-electron chi connectivity index (χ0n) is 31.2. The highest BCUT2D eigenvalue weighted by molar-refractivity contribution is 6.57. The second-order valence-corrected chi connectivity index (χ2v) is 14.3. The smallest absolute Gasteiger partial charge is 0.184 e. The Morgan fingerprint density at radius 1 is 0.739 bits per heavy atom. The number of hydrogen-bond acceptors (Lipinski definition) is 3. The third-order valence-electron chi connectivity index (χ3n) is 9.46. The van der Waals surface area contributed by atoms with Crippen LogP contribution in [0.4, 0.5) is 0 Å². The normalized spacial score (nSPS) is 19.2. The molecule has 2 N–H and O–H groups in total. The van der Waals surface area contributed by atoms with Gasteiger partial charge in [0, 0.05) is 25.1 Å². The SMILES string of the molecule is BC(=N)NCCC1COC(CCCCCCCC/C=C\C/C=C\CCCCC)(CCCCCCCCC(C)C/C=C/CCCC)O1. The predicted molar refractivity (Wildman–Crippen MR) is 206 cm³/mol. The minimum atomic E-state index is -0.375. The molecule has 0 radical (unpaired) electrons. The largest absolute Gasteiger partial charge is 0.383 e. The maximum atomic E-state index is 7.64. The number of ether oxygens (including phenoxy) is 2. The highest BCUT2D eigenvalue weighted by atomic mass is 16.7. The number of allylic oxidation sites excluding steroid dienone is 6. The second kappa shape index (κ2) is 31.0. The van der Waals surface area contributed by atoms with Crippen molar-refractivity contribution in [2.45, 2.75) is 200 Å². The molecule has 0 aromatic rings. The van der Waals surface area contributed by atoms with E-state index in [-0.39, 0.29) is 11.9 Å². The molecule has 0 aromatic carbocycles. The van der Waals surface area contributed by atoms with E-state index in [1.165, 1.54) is 141 Å². The molecule has 1 rings (SSSR count). The van der Waals surface area contributed by atoms with Crippen LogP contribution in [0.5, 0.6) is 0 Å². The molecule has 3 atom stereocenters. The molecule has 3 unspecified atom stereocenters. The molecule has 0 spiro atoms. The molecule has 0 aliphatic carbocycles. The fourth-order valence-electron chi connectivity index (χ4n) is 6.43. The number of amidine groups is 1. The lowest BCUT2D eigenvalue weighted by molar-refractivity contribution is -0.179. The summed E-state index contributed by atoms with van der Waals surface area (Å²) in [7, 11) is 1.80. The Labute approximate surface area is 288 Å². The lowest BCUT2D eigenvalue weighted by Gasteiger charge is -2.28. The molecular formula is C41H77BN2O2. The molecule has 1 fully saturated rings. The fourth-order valence-corrected chi connectivity index (χ4v) is 6.43. The summed E-state index contributed by atoms with van der Waals surface area (Å²) in [6.45, 7) is 8.43. The van der Waals surface area contributed by atoms with Gasteiger partial charge in [-0.2, -0.15) is 0 Å². The van der Waals surface area contributed by atoms with Gasteiger partial charge in [0.25, 0.3) is 0 Å². The summed E-state index contributed by atoms with van der Waals surface area (Å²) in [5.41, 5.74) is 0.528. The van der Waals surface area contributed by atoms with Crippen molar-refractivity contribution in [3.05, 3.63) is 36.5 Å². The zero-order chi connectivity index (χ0) is 33.4. The quantitative estimate of drug-likeness (QED) is 0.0253. The molecule has 46 heavy (non-hydrogen) atoms. The van der Waals surface area contributed by atoms with Crippen molar-refractivity contribution in [1.82, 2.24) is 5.32 Å². The zero-order valence-corrected chi connectivity index (χ0v) is 31.2. The van der Waals surface area contributed by atoms with E-state index in [9.17, 15) is 0 Å². The Morgan fingerprint density at radius 2 is 1.28 bits per heavy atom. The van der Waals surface area contributed by atoms with E-state index in [1.807, 2.05) is 0 Å². The average molecular weight is 641 g/mol. The molecule has 266 valence electrons. The monoisotopic (exact) mass is 641 g/mol. The van der Waals surface area contributed by atoms with Crippen LogP contribution in [0.15, 0.2) is 36.5 Å². The Kier molecular flexibility index (Phi) is 28.7. The number of rotatable bonds is 32. The summed E-state index contributed by atoms with van der Waals surface area (Å²) in [5.74, 6) is 0.444. The third kappa shape index (κ3) is 25.7. The first-order valence-corrected chi connectivity index (χ1v) is 20.1. The molecule has 1 heterocycles. The molecule has 5 heteroatoms. The van der Waals surface area contributed by atoms with Gasteiger partial charge in [0.15, 0.2) is 13.6 Å². The minimum Gasteiger partial charge on any atom is -0.383 e. The lowest BCUT2D eigenvalue weighted by atomic mass is 9.97. The average Bonchev–Trinajstić information content (AvgIpc) is 3.44. The predicted octanol–water partition coefficient (Wildman–Crippen LogP) is 11.7. The van der Waals surface area contributed by atoms with Crippen LogP contribution >= 0.6 is 0 Å². The van der Waals surface area contributed by atoms with Gasteiger partial charge in [0.05, 0.1) is 12.7 Å². The van der Waals surface area contributed by atoms with Crippen molar-refractivity contribution in [2.75, 3.05) is 13.2 Å². The standard InChI is InChI=1S/C41H77BN2O2/c1-4-6-8-10-11-12-13-14-15-16-17-18-19-21-25-29-34-41(45-37-39(46-41)33-36-44-40(42)43)35-30-26-22-20-24-28-32-38(3)31-27-23-9-7-5-2/h11-12,14-15,23,27,38-39H,4-10,13,16-22,24-26,28-37,42H2,1-3H3,(H2,43,44)/b12-11-,15-14-,27-23+. The molecule has 0 saturated carbocycles. The Balaban J connectivity index is 2.22. The van der Waals surface area contributed by atoms with Crippen LogP contribution in [0.3, 0.4) is 0 Å². The summed E-state index contributed by atoms with van der Waals surface area (Å²) in [6.07, 6.45) is 47.0. The van der Waals surface area contributed by atoms with E-state index in [2.05, 4.69) is 62.5 Å². The van der Waals surface area contributed by atoms with Crippen molar-refractivity contribution in [3.8, 4) is 0 Å². The van der Waals surface area contributed by atoms with Gasteiger partial charge in [-0.3, -0.25) is 5.41 Å². The maximum absolute atomic E-state index is 7.64. The van der Waals surface area contributed by atoms with Gasteiger partial charge in [0.2, 0.25) is 0 Å². The van der Waals surface area contributed by atoms with Crippen molar-refractivity contribution in [2.24, 2.45) is 5.92 Å². The molecule has 0 aromatic heterocycles. The molecule has 0 amide bonds. The van der Waals surface area contributed by atoms with Gasteiger partial charge in [0.1, 0.15) is 0 Å². The number of hydrogen-bond donors (Lipinski definition) is 2. The van der Waals surface area contributed by atoms with Gasteiger partial charge in [-0.15, -0.1) is 0 Å².